The molecule has 0 bridgehead atoms. The van der Waals surface area contributed by atoms with Crippen LogP contribution in [-0.4, -0.2) is 45.0 Å². The Bertz CT molecular complexity index is 902. The minimum Gasteiger partial charge on any atom is -0.372 e. The number of carbonyl (C=O) groups is 2. The number of rotatable bonds is 7. The largest absolute Gasteiger partial charge is 0.372 e. The highest BCUT2D eigenvalue weighted by Gasteiger charge is 2.17. The van der Waals surface area contributed by atoms with Crippen molar-refractivity contribution in [2.45, 2.75) is 33.6 Å². The molecule has 3 N–H and O–H groups in total. The SMILES string of the molecule is Cc1cccc(NC(=O)C[NH+](C)CC(=O)Nc2ccc(N3CCC(C)CC3)cc2)c1C. The van der Waals surface area contributed by atoms with Crippen molar-refractivity contribution in [1.82, 2.24) is 0 Å². The topological polar surface area (TPSA) is 65.9 Å². The van der Waals surface area contributed by atoms with Crippen LogP contribution in [0.15, 0.2) is 42.5 Å². The molecule has 2 aromatic rings. The number of piperidine rings is 1. The molecule has 0 aliphatic carbocycles. The molecule has 1 fully saturated rings. The molecule has 1 heterocycles. The van der Waals surface area contributed by atoms with Crippen molar-refractivity contribution in [3.63, 3.8) is 0 Å². The number of quaternary nitrogens is 1. The lowest BCUT2D eigenvalue weighted by Crippen LogP contribution is -3.11. The van der Waals surface area contributed by atoms with Gasteiger partial charge in [-0.05, 0) is 74.1 Å². The average Bonchev–Trinajstić information content (AvgIpc) is 2.72. The van der Waals surface area contributed by atoms with Gasteiger partial charge in [0.2, 0.25) is 0 Å². The van der Waals surface area contributed by atoms with Crippen LogP contribution in [0.2, 0.25) is 0 Å². The Balaban J connectivity index is 1.45. The molecular weight excluding hydrogens is 388 g/mol. The van der Waals surface area contributed by atoms with Gasteiger partial charge >= 0.3 is 0 Å². The number of aryl methyl sites for hydroxylation is 1. The maximum Gasteiger partial charge on any atom is 0.279 e. The molecule has 3 rings (SSSR count). The first-order valence-corrected chi connectivity index (χ1v) is 11.1. The molecule has 6 nitrogen and oxygen atoms in total. The highest BCUT2D eigenvalue weighted by atomic mass is 16.2. The predicted molar refractivity (Wildman–Crippen MR) is 127 cm³/mol. The zero-order chi connectivity index (χ0) is 22.4. The van der Waals surface area contributed by atoms with Crippen LogP contribution in [0.5, 0.6) is 0 Å². The number of carbonyl (C=O) groups excluding carboxylic acids is 2. The smallest absolute Gasteiger partial charge is 0.279 e. The third kappa shape index (κ3) is 6.56. The van der Waals surface area contributed by atoms with Crippen molar-refractivity contribution in [3.8, 4) is 0 Å². The second-order valence-corrected chi connectivity index (χ2v) is 8.87. The zero-order valence-electron chi connectivity index (χ0n) is 19.1. The first-order chi connectivity index (χ1) is 14.8. The minimum absolute atomic E-state index is 0.0980. The van der Waals surface area contributed by atoms with Gasteiger partial charge in [0.05, 0.1) is 7.05 Å². The Morgan fingerprint density at radius 1 is 0.968 bits per heavy atom. The third-order valence-corrected chi connectivity index (χ3v) is 6.10. The Hall–Kier alpha value is -2.86. The van der Waals surface area contributed by atoms with Crippen molar-refractivity contribution >= 4 is 28.9 Å². The lowest BCUT2D eigenvalue weighted by molar-refractivity contribution is -0.862. The number of nitrogens with zero attached hydrogens (tertiary/aromatic N) is 1. The van der Waals surface area contributed by atoms with E-state index in [0.29, 0.717) is 0 Å². The molecular formula is C25H35N4O2+. The van der Waals surface area contributed by atoms with Crippen LogP contribution >= 0.6 is 0 Å². The van der Waals surface area contributed by atoms with E-state index < -0.39 is 0 Å². The summed E-state index contributed by atoms with van der Waals surface area (Å²) in [6, 6.07) is 13.9. The Morgan fingerprint density at radius 3 is 2.23 bits per heavy atom. The van der Waals surface area contributed by atoms with Gasteiger partial charge in [-0.15, -0.1) is 0 Å². The Morgan fingerprint density at radius 2 is 1.58 bits per heavy atom. The van der Waals surface area contributed by atoms with Gasteiger partial charge in [-0.1, -0.05) is 19.1 Å². The van der Waals surface area contributed by atoms with E-state index in [0.717, 1.165) is 46.4 Å². The Labute approximate surface area is 185 Å². The van der Waals surface area contributed by atoms with E-state index in [1.54, 1.807) is 0 Å². The molecule has 1 atom stereocenters. The van der Waals surface area contributed by atoms with Gasteiger partial charge < -0.3 is 20.4 Å². The van der Waals surface area contributed by atoms with E-state index in [4.69, 9.17) is 0 Å². The summed E-state index contributed by atoms with van der Waals surface area (Å²) in [6.07, 6.45) is 2.45. The van der Waals surface area contributed by atoms with Crippen molar-refractivity contribution in [1.29, 1.82) is 0 Å². The highest BCUT2D eigenvalue weighted by Crippen LogP contribution is 2.24. The summed E-state index contributed by atoms with van der Waals surface area (Å²) < 4.78 is 0. The van der Waals surface area contributed by atoms with Gasteiger partial charge in [-0.25, -0.2) is 0 Å². The van der Waals surface area contributed by atoms with Crippen molar-refractivity contribution < 1.29 is 14.5 Å². The van der Waals surface area contributed by atoms with Gasteiger partial charge in [-0.2, -0.15) is 0 Å². The van der Waals surface area contributed by atoms with Crippen LogP contribution in [0.4, 0.5) is 17.1 Å². The van der Waals surface area contributed by atoms with Crippen molar-refractivity contribution in [2.24, 2.45) is 5.92 Å². The maximum absolute atomic E-state index is 12.4. The maximum atomic E-state index is 12.4. The van der Waals surface area contributed by atoms with E-state index in [2.05, 4.69) is 34.6 Å². The van der Waals surface area contributed by atoms with Gasteiger partial charge in [0.25, 0.3) is 11.8 Å². The summed E-state index contributed by atoms with van der Waals surface area (Å²) in [5.74, 6) is 0.605. The van der Waals surface area contributed by atoms with Crippen LogP contribution in [0.25, 0.3) is 0 Å². The fourth-order valence-electron chi connectivity index (χ4n) is 3.92. The third-order valence-electron chi connectivity index (χ3n) is 6.10. The second-order valence-electron chi connectivity index (χ2n) is 8.87. The van der Waals surface area contributed by atoms with E-state index in [-0.39, 0.29) is 24.9 Å². The number of amides is 2. The van der Waals surface area contributed by atoms with Crippen LogP contribution in [0.1, 0.15) is 30.9 Å². The van der Waals surface area contributed by atoms with E-state index in [1.807, 2.05) is 51.2 Å². The van der Waals surface area contributed by atoms with E-state index >= 15 is 0 Å². The van der Waals surface area contributed by atoms with Crippen molar-refractivity contribution in [3.05, 3.63) is 53.6 Å². The predicted octanol–water partition coefficient (Wildman–Crippen LogP) is 2.63. The highest BCUT2D eigenvalue weighted by molar-refractivity contribution is 5.93. The first-order valence-electron chi connectivity index (χ1n) is 11.1. The number of likely N-dealkylation sites (N-methyl/N-ethyl adjacent to an activating group) is 1. The fourth-order valence-corrected chi connectivity index (χ4v) is 3.92. The molecule has 0 spiro atoms. The molecule has 166 valence electrons. The summed E-state index contributed by atoms with van der Waals surface area (Å²) >= 11 is 0. The van der Waals surface area contributed by atoms with E-state index in [1.165, 1.54) is 18.5 Å². The summed E-state index contributed by atoms with van der Waals surface area (Å²) in [5, 5.41) is 5.89. The molecule has 1 aliphatic rings. The molecule has 6 heteroatoms. The van der Waals surface area contributed by atoms with Gasteiger partial charge in [-0.3, -0.25) is 9.59 Å². The number of hydrogen-bond donors (Lipinski definition) is 3. The molecule has 0 saturated carbocycles. The monoisotopic (exact) mass is 423 g/mol. The van der Waals surface area contributed by atoms with Gasteiger partial charge in [0.15, 0.2) is 13.1 Å². The molecule has 1 aliphatic heterocycles. The van der Waals surface area contributed by atoms with Crippen molar-refractivity contribution in [2.75, 3.05) is 48.8 Å². The van der Waals surface area contributed by atoms with Crippen LogP contribution < -0.4 is 20.4 Å². The summed E-state index contributed by atoms with van der Waals surface area (Å²) in [6.45, 7) is 8.95. The average molecular weight is 424 g/mol. The number of anilines is 3. The molecule has 1 unspecified atom stereocenters. The summed E-state index contributed by atoms with van der Waals surface area (Å²) in [5.41, 5.74) is 5.01. The van der Waals surface area contributed by atoms with Crippen LogP contribution in [0, 0.1) is 19.8 Å². The standard InChI is InChI=1S/C25H34N4O2/c1-18-12-14-29(15-13-18)22-10-8-21(9-11-22)26-24(30)16-28(4)17-25(31)27-23-7-5-6-19(2)20(23)3/h5-11,18H,12-17H2,1-4H3,(H,26,30)(H,27,31)/p+1. The molecule has 0 radical (unpaired) electrons. The molecule has 2 aromatic carbocycles. The normalized spacial score (nSPS) is 15.4. The minimum atomic E-state index is -0.100. The quantitative estimate of drug-likeness (QED) is 0.641. The molecule has 1 saturated heterocycles. The molecule has 2 amide bonds. The molecule has 0 aromatic heterocycles. The zero-order valence-corrected chi connectivity index (χ0v) is 19.1. The lowest BCUT2D eigenvalue weighted by Gasteiger charge is -2.32. The Kier molecular flexibility index (Phi) is 7.69. The van der Waals surface area contributed by atoms with Gasteiger partial charge in [0, 0.05) is 30.2 Å². The summed E-state index contributed by atoms with van der Waals surface area (Å²) in [4.78, 5) is 28.0. The summed E-state index contributed by atoms with van der Waals surface area (Å²) in [7, 11) is 1.85. The van der Waals surface area contributed by atoms with E-state index in [9.17, 15) is 9.59 Å². The molecule has 31 heavy (non-hydrogen) atoms. The fraction of sp³-hybridized carbons (Fsp3) is 0.440. The number of hydrogen-bond acceptors (Lipinski definition) is 3. The number of benzene rings is 2. The lowest BCUT2D eigenvalue weighted by atomic mass is 9.99. The number of nitrogens with one attached hydrogen (secondary N) is 3. The van der Waals surface area contributed by atoms with Gasteiger partial charge in [0.1, 0.15) is 0 Å². The second kappa shape index (κ2) is 10.4. The van der Waals surface area contributed by atoms with Crippen LogP contribution in [-0.2, 0) is 9.59 Å². The van der Waals surface area contributed by atoms with Crippen LogP contribution in [0.3, 0.4) is 0 Å². The first kappa shape index (κ1) is 22.8.